The topological polar surface area (TPSA) is 137 Å². The summed E-state index contributed by atoms with van der Waals surface area (Å²) in [6.07, 6.45) is 1.11. The second-order valence-electron chi connectivity index (χ2n) is 8.93. The molecule has 204 valence electrons. The fourth-order valence-electron chi connectivity index (χ4n) is 4.51. The SMILES string of the molecule is CS(=O)(=O)N1CCN([C@@H](CN(c2ccc(OCc3cccc4ccccc34)cc2)[SH](=O)=O)C(=O)NO)CC1. The van der Waals surface area contributed by atoms with Crippen molar-refractivity contribution >= 4 is 43.3 Å². The van der Waals surface area contributed by atoms with Crippen LogP contribution in [-0.2, 0) is 32.3 Å². The van der Waals surface area contributed by atoms with Crippen molar-refractivity contribution in [2.75, 3.05) is 43.3 Å². The van der Waals surface area contributed by atoms with Gasteiger partial charge in [-0.2, -0.15) is 4.31 Å². The summed E-state index contributed by atoms with van der Waals surface area (Å²) in [5.41, 5.74) is 2.94. The molecule has 1 heterocycles. The number of anilines is 1. The van der Waals surface area contributed by atoms with Gasteiger partial charge in [0.2, 0.25) is 20.9 Å². The minimum atomic E-state index is -3.38. The zero-order valence-corrected chi connectivity index (χ0v) is 22.5. The van der Waals surface area contributed by atoms with Gasteiger partial charge in [-0.3, -0.25) is 19.2 Å². The van der Waals surface area contributed by atoms with E-state index in [1.807, 2.05) is 42.5 Å². The van der Waals surface area contributed by atoms with Crippen LogP contribution in [0.3, 0.4) is 0 Å². The number of carbonyl (C=O) groups excluding carboxylic acids is 1. The minimum Gasteiger partial charge on any atom is -0.489 e. The summed E-state index contributed by atoms with van der Waals surface area (Å²) in [5.74, 6) is -0.237. The Hall–Kier alpha value is -3.23. The molecule has 0 unspecified atom stereocenters. The number of nitrogens with one attached hydrogen (secondary N) is 1. The van der Waals surface area contributed by atoms with Crippen molar-refractivity contribution in [1.29, 1.82) is 0 Å². The molecule has 0 aliphatic carbocycles. The molecular weight excluding hydrogens is 532 g/mol. The van der Waals surface area contributed by atoms with E-state index in [0.29, 0.717) is 18.0 Å². The van der Waals surface area contributed by atoms with Crippen molar-refractivity contribution in [1.82, 2.24) is 14.7 Å². The highest BCUT2D eigenvalue weighted by Gasteiger charge is 2.33. The molecule has 0 bridgehead atoms. The summed E-state index contributed by atoms with van der Waals surface area (Å²) < 4.78 is 56.2. The Labute approximate surface area is 223 Å². The zero-order valence-electron chi connectivity index (χ0n) is 20.8. The number of benzene rings is 3. The van der Waals surface area contributed by atoms with Crippen LogP contribution in [0.4, 0.5) is 5.69 Å². The Morgan fingerprint density at radius 2 is 1.68 bits per heavy atom. The van der Waals surface area contributed by atoms with E-state index in [0.717, 1.165) is 26.9 Å². The van der Waals surface area contributed by atoms with Gasteiger partial charge in [0.05, 0.1) is 18.5 Å². The number of ether oxygens (including phenoxy) is 1. The molecule has 11 nitrogen and oxygen atoms in total. The minimum absolute atomic E-state index is 0.153. The molecule has 0 spiro atoms. The Morgan fingerprint density at radius 1 is 1.03 bits per heavy atom. The summed E-state index contributed by atoms with van der Waals surface area (Å²) in [6.45, 7) is 0.782. The third-order valence-electron chi connectivity index (χ3n) is 6.55. The summed E-state index contributed by atoms with van der Waals surface area (Å²) in [6, 6.07) is 19.4. The average Bonchev–Trinajstić information content (AvgIpc) is 2.92. The van der Waals surface area contributed by atoms with E-state index in [2.05, 4.69) is 0 Å². The van der Waals surface area contributed by atoms with E-state index in [4.69, 9.17) is 4.74 Å². The van der Waals surface area contributed by atoms with E-state index < -0.39 is 32.9 Å². The molecule has 1 saturated heterocycles. The molecule has 1 atom stereocenters. The first kappa shape index (κ1) is 27.8. The van der Waals surface area contributed by atoms with Gasteiger partial charge in [-0.1, -0.05) is 42.5 Å². The number of fused-ring (bicyclic) bond motifs is 1. The quantitative estimate of drug-likeness (QED) is 0.191. The van der Waals surface area contributed by atoms with Crippen LogP contribution in [0.2, 0.25) is 0 Å². The number of amides is 1. The third kappa shape index (κ3) is 6.60. The van der Waals surface area contributed by atoms with Crippen molar-refractivity contribution in [3.63, 3.8) is 0 Å². The number of hydrogen-bond acceptors (Lipinski definition) is 8. The molecule has 4 rings (SSSR count). The number of hydrogen-bond donors (Lipinski definition) is 3. The summed E-state index contributed by atoms with van der Waals surface area (Å²) in [7, 11) is -6.51. The maximum atomic E-state index is 12.5. The summed E-state index contributed by atoms with van der Waals surface area (Å²) >= 11 is 0. The van der Waals surface area contributed by atoms with Crippen molar-refractivity contribution in [2.45, 2.75) is 12.6 Å². The van der Waals surface area contributed by atoms with Crippen LogP contribution in [0.25, 0.3) is 10.8 Å². The highest BCUT2D eigenvalue weighted by atomic mass is 32.2. The highest BCUT2D eigenvalue weighted by molar-refractivity contribution is 7.88. The van der Waals surface area contributed by atoms with Crippen LogP contribution in [0.5, 0.6) is 5.75 Å². The van der Waals surface area contributed by atoms with Crippen molar-refractivity contribution < 1.29 is 31.6 Å². The second-order valence-corrected chi connectivity index (χ2v) is 11.9. The Balaban J connectivity index is 1.46. The van der Waals surface area contributed by atoms with Gasteiger partial charge in [-0.05, 0) is 40.6 Å². The van der Waals surface area contributed by atoms with Gasteiger partial charge in [-0.15, -0.1) is 0 Å². The maximum absolute atomic E-state index is 12.5. The molecule has 0 saturated carbocycles. The molecule has 3 aromatic rings. The third-order valence-corrected chi connectivity index (χ3v) is 8.64. The number of thiol groups is 1. The Kier molecular flexibility index (Phi) is 8.84. The number of piperazine rings is 1. The van der Waals surface area contributed by atoms with Gasteiger partial charge >= 0.3 is 0 Å². The summed E-state index contributed by atoms with van der Waals surface area (Å²) in [4.78, 5) is 14.1. The fourth-order valence-corrected chi connectivity index (χ4v) is 5.95. The molecule has 38 heavy (non-hydrogen) atoms. The number of sulfonamides is 1. The van der Waals surface area contributed by atoms with E-state index in [1.54, 1.807) is 34.6 Å². The van der Waals surface area contributed by atoms with Gasteiger partial charge in [0.15, 0.2) is 0 Å². The lowest BCUT2D eigenvalue weighted by atomic mass is 10.1. The van der Waals surface area contributed by atoms with E-state index in [1.165, 1.54) is 4.31 Å². The van der Waals surface area contributed by atoms with E-state index >= 15 is 0 Å². The van der Waals surface area contributed by atoms with E-state index in [9.17, 15) is 26.8 Å². The van der Waals surface area contributed by atoms with Crippen molar-refractivity contribution in [2.24, 2.45) is 0 Å². The zero-order chi connectivity index (χ0) is 27.3. The molecule has 1 aliphatic heterocycles. The largest absolute Gasteiger partial charge is 0.489 e. The first-order valence-corrected chi connectivity index (χ1v) is 14.9. The standard InChI is InChI=1S/C25H30N4O7S2/c1-38(34,35)28-15-13-27(14-16-28)24(25(30)26-31)17-29(37(32)33)21-9-11-22(12-10-21)36-18-20-7-4-6-19-5-2-3-8-23(19)20/h2-12,24,31,37H,13-18H2,1H3,(H,26,30)/t24-/m0/s1. The van der Waals surface area contributed by atoms with Gasteiger partial charge in [0, 0.05) is 26.2 Å². The Bertz CT molecular complexity index is 1440. The van der Waals surface area contributed by atoms with Crippen molar-refractivity contribution in [3.05, 3.63) is 72.3 Å². The van der Waals surface area contributed by atoms with Gasteiger partial charge in [-0.25, -0.2) is 22.3 Å². The first-order chi connectivity index (χ1) is 18.2. The molecular formula is C25H30N4O7S2. The molecule has 3 aromatic carbocycles. The number of hydroxylamine groups is 1. The lowest BCUT2D eigenvalue weighted by Crippen LogP contribution is -2.58. The smallest absolute Gasteiger partial charge is 0.262 e. The van der Waals surface area contributed by atoms with Crippen LogP contribution >= 0.6 is 0 Å². The van der Waals surface area contributed by atoms with E-state index in [-0.39, 0.29) is 32.7 Å². The molecule has 1 fully saturated rings. The van der Waals surface area contributed by atoms with Crippen molar-refractivity contribution in [3.8, 4) is 5.75 Å². The Morgan fingerprint density at radius 3 is 2.32 bits per heavy atom. The van der Waals surface area contributed by atoms with Gasteiger partial charge < -0.3 is 4.74 Å². The normalized spacial score (nSPS) is 15.9. The average molecular weight is 563 g/mol. The fraction of sp³-hybridized carbons (Fsp3) is 0.320. The number of rotatable bonds is 10. The van der Waals surface area contributed by atoms with Gasteiger partial charge in [0.25, 0.3) is 5.91 Å². The lowest BCUT2D eigenvalue weighted by Gasteiger charge is -2.38. The molecule has 0 aromatic heterocycles. The maximum Gasteiger partial charge on any atom is 0.262 e. The monoisotopic (exact) mass is 562 g/mol. The highest BCUT2D eigenvalue weighted by Crippen LogP contribution is 2.24. The van der Waals surface area contributed by atoms with Crippen LogP contribution in [0.1, 0.15) is 5.56 Å². The van der Waals surface area contributed by atoms with Gasteiger partial charge in [0.1, 0.15) is 18.4 Å². The molecule has 2 N–H and O–H groups in total. The number of nitrogens with zero attached hydrogens (tertiary/aromatic N) is 3. The van der Waals surface area contributed by atoms with Crippen LogP contribution in [0.15, 0.2) is 66.7 Å². The molecule has 1 amide bonds. The molecule has 13 heteroatoms. The number of carbonyl (C=O) groups is 1. The second kappa shape index (κ2) is 12.1. The predicted molar refractivity (Wildman–Crippen MR) is 144 cm³/mol. The van der Waals surface area contributed by atoms with Crippen LogP contribution in [-0.4, -0.2) is 82.2 Å². The summed E-state index contributed by atoms with van der Waals surface area (Å²) in [5, 5.41) is 11.5. The van der Waals surface area contributed by atoms with Crippen LogP contribution < -0.4 is 14.5 Å². The lowest BCUT2D eigenvalue weighted by molar-refractivity contribution is -0.134. The molecule has 1 aliphatic rings. The first-order valence-electron chi connectivity index (χ1n) is 11.9. The van der Waals surface area contributed by atoms with Crippen LogP contribution in [0, 0.1) is 0 Å². The molecule has 0 radical (unpaired) electrons. The predicted octanol–water partition coefficient (Wildman–Crippen LogP) is 1.20.